The van der Waals surface area contributed by atoms with E-state index in [1.807, 2.05) is 24.2 Å². The molecule has 1 aromatic carbocycles. The van der Waals surface area contributed by atoms with Gasteiger partial charge in [0.1, 0.15) is 0 Å². The van der Waals surface area contributed by atoms with Crippen molar-refractivity contribution < 1.29 is 14.3 Å². The highest BCUT2D eigenvalue weighted by Crippen LogP contribution is 2.39. The van der Waals surface area contributed by atoms with Crippen molar-refractivity contribution in [3.05, 3.63) is 17.7 Å². The van der Waals surface area contributed by atoms with Crippen molar-refractivity contribution >= 4 is 17.8 Å². The summed E-state index contributed by atoms with van der Waals surface area (Å²) >= 11 is 0. The van der Waals surface area contributed by atoms with E-state index in [9.17, 15) is 4.79 Å². The van der Waals surface area contributed by atoms with Crippen LogP contribution in [0.5, 0.6) is 11.5 Å². The molecule has 0 radical (unpaired) electrons. The summed E-state index contributed by atoms with van der Waals surface area (Å²) in [7, 11) is 3.64. The number of fused-ring (bicyclic) bond motifs is 2. The van der Waals surface area contributed by atoms with Gasteiger partial charge in [-0.15, -0.1) is 0 Å². The number of aliphatic imine (C=N–C) groups is 1. The van der Waals surface area contributed by atoms with Crippen LogP contribution in [0.2, 0.25) is 0 Å². The van der Waals surface area contributed by atoms with Gasteiger partial charge in [0.15, 0.2) is 11.5 Å². The molecule has 1 N–H and O–H groups in total. The monoisotopic (exact) mass is 485 g/mol. The molecule has 2 unspecified atom stereocenters. The lowest BCUT2D eigenvalue weighted by atomic mass is 9.84. The van der Waals surface area contributed by atoms with Gasteiger partial charge in [0.2, 0.25) is 0 Å². The molecular formula is C27H43N5O3. The number of carbonyl (C=O) groups is 1. The van der Waals surface area contributed by atoms with Crippen LogP contribution in [0, 0.1) is 11.3 Å². The Morgan fingerprint density at radius 1 is 1.14 bits per heavy atom. The third kappa shape index (κ3) is 6.35. The zero-order valence-corrected chi connectivity index (χ0v) is 22.2. The Hall–Kier alpha value is -2.16. The maximum absolute atomic E-state index is 13.1. The van der Waals surface area contributed by atoms with Crippen molar-refractivity contribution in [1.29, 1.82) is 0 Å². The van der Waals surface area contributed by atoms with Crippen LogP contribution >= 0.6 is 0 Å². The molecule has 0 bridgehead atoms. The third-order valence-electron chi connectivity index (χ3n) is 7.39. The van der Waals surface area contributed by atoms with Crippen LogP contribution < -0.4 is 14.8 Å². The van der Waals surface area contributed by atoms with Crippen LogP contribution in [0.1, 0.15) is 50.4 Å². The topological polar surface area (TPSA) is 69.6 Å². The Balaban J connectivity index is 1.35. The molecule has 3 aliphatic rings. The molecule has 0 saturated carbocycles. The Labute approximate surface area is 210 Å². The fourth-order valence-electron chi connectivity index (χ4n) is 5.75. The Bertz CT molecular complexity index is 910. The molecule has 2 atom stereocenters. The minimum Gasteiger partial charge on any atom is -0.493 e. The summed E-state index contributed by atoms with van der Waals surface area (Å²) in [6, 6.07) is 3.76. The molecule has 2 fully saturated rings. The molecule has 1 amide bonds. The van der Waals surface area contributed by atoms with E-state index >= 15 is 0 Å². The minimum absolute atomic E-state index is 0.00693. The van der Waals surface area contributed by atoms with Crippen molar-refractivity contribution in [2.45, 2.75) is 46.1 Å². The first-order valence-corrected chi connectivity index (χ1v) is 13.1. The first-order valence-electron chi connectivity index (χ1n) is 13.1. The summed E-state index contributed by atoms with van der Waals surface area (Å²) in [5, 5.41) is 3.25. The van der Waals surface area contributed by atoms with Gasteiger partial charge < -0.3 is 24.6 Å². The zero-order chi connectivity index (χ0) is 25.0. The standard InChI is InChI=1S/C27H43N5O3/c1-20(17-30-9-11-31(12-10-30)19-28-4)15-27(2,3)18-35-25-14-23-22(13-24(25)34-5)26(33)32-8-6-7-21(32)16-29-23/h13-14,16,20-21,28H,6-12,15,17-19H2,1-5H3. The molecule has 2 saturated heterocycles. The van der Waals surface area contributed by atoms with Gasteiger partial charge in [-0.2, -0.15) is 0 Å². The molecule has 4 rings (SSSR count). The highest BCUT2D eigenvalue weighted by atomic mass is 16.5. The number of benzene rings is 1. The van der Waals surface area contributed by atoms with Gasteiger partial charge in [0.05, 0.1) is 31.0 Å². The van der Waals surface area contributed by atoms with Crippen molar-refractivity contribution in [1.82, 2.24) is 20.0 Å². The van der Waals surface area contributed by atoms with E-state index in [1.54, 1.807) is 13.2 Å². The number of nitrogens with one attached hydrogen (secondary N) is 1. The van der Waals surface area contributed by atoms with E-state index in [0.717, 1.165) is 65.2 Å². The van der Waals surface area contributed by atoms with E-state index in [2.05, 4.69) is 40.9 Å². The summed E-state index contributed by atoms with van der Waals surface area (Å²) < 4.78 is 11.9. The van der Waals surface area contributed by atoms with Crippen LogP contribution in [0.25, 0.3) is 0 Å². The summed E-state index contributed by atoms with van der Waals surface area (Å²) in [6.45, 7) is 14.8. The first kappa shape index (κ1) is 25.9. The quantitative estimate of drug-likeness (QED) is 0.549. The second-order valence-electron chi connectivity index (χ2n) is 11.2. The lowest BCUT2D eigenvalue weighted by Crippen LogP contribution is -2.49. The van der Waals surface area contributed by atoms with E-state index in [-0.39, 0.29) is 17.4 Å². The van der Waals surface area contributed by atoms with Gasteiger partial charge in [-0.25, -0.2) is 0 Å². The normalized spacial score (nSPS) is 22.0. The molecule has 0 aromatic heterocycles. The number of piperazine rings is 1. The predicted molar refractivity (Wildman–Crippen MR) is 140 cm³/mol. The fraction of sp³-hybridized carbons (Fsp3) is 0.704. The lowest BCUT2D eigenvalue weighted by Gasteiger charge is -2.37. The van der Waals surface area contributed by atoms with Crippen LogP contribution in [0.3, 0.4) is 0 Å². The summed E-state index contributed by atoms with van der Waals surface area (Å²) in [5.74, 6) is 1.85. The van der Waals surface area contributed by atoms with Crippen molar-refractivity contribution in [3.63, 3.8) is 0 Å². The van der Waals surface area contributed by atoms with Gasteiger partial charge in [0, 0.05) is 58.2 Å². The Morgan fingerprint density at radius 2 is 1.89 bits per heavy atom. The number of methoxy groups -OCH3 is 1. The molecule has 1 aromatic rings. The molecule has 0 spiro atoms. The zero-order valence-electron chi connectivity index (χ0n) is 22.2. The predicted octanol–water partition coefficient (Wildman–Crippen LogP) is 3.24. The maximum atomic E-state index is 13.1. The fourth-order valence-corrected chi connectivity index (χ4v) is 5.75. The maximum Gasteiger partial charge on any atom is 0.256 e. The van der Waals surface area contributed by atoms with E-state index in [1.165, 1.54) is 0 Å². The average Bonchev–Trinajstić information content (AvgIpc) is 3.26. The smallest absolute Gasteiger partial charge is 0.256 e. The van der Waals surface area contributed by atoms with Gasteiger partial charge >= 0.3 is 0 Å². The number of hydrogen-bond acceptors (Lipinski definition) is 7. The summed E-state index contributed by atoms with van der Waals surface area (Å²) in [5.41, 5.74) is 1.27. The molecular weight excluding hydrogens is 442 g/mol. The average molecular weight is 486 g/mol. The first-order chi connectivity index (χ1) is 16.8. The van der Waals surface area contributed by atoms with Gasteiger partial charge in [0.25, 0.3) is 5.91 Å². The molecule has 0 aliphatic carbocycles. The summed E-state index contributed by atoms with van der Waals surface area (Å²) in [4.78, 5) is 24.7. The van der Waals surface area contributed by atoms with Crippen molar-refractivity contribution in [2.75, 3.05) is 66.7 Å². The Morgan fingerprint density at radius 3 is 2.60 bits per heavy atom. The van der Waals surface area contributed by atoms with Crippen LogP contribution in [0.4, 0.5) is 5.69 Å². The number of rotatable bonds is 10. The lowest BCUT2D eigenvalue weighted by molar-refractivity contribution is 0.0774. The number of carbonyl (C=O) groups excluding carboxylic acids is 1. The SMILES string of the molecule is CNCN1CCN(CC(C)CC(C)(C)COc2cc3c(cc2OC)C(=O)N2CCCC2C=N3)CC1. The number of ether oxygens (including phenoxy) is 2. The molecule has 3 heterocycles. The van der Waals surface area contributed by atoms with Gasteiger partial charge in [-0.05, 0) is 43.7 Å². The van der Waals surface area contributed by atoms with Gasteiger partial charge in [-0.1, -0.05) is 20.8 Å². The van der Waals surface area contributed by atoms with E-state index < -0.39 is 0 Å². The highest BCUT2D eigenvalue weighted by Gasteiger charge is 2.33. The van der Waals surface area contributed by atoms with Crippen molar-refractivity contribution in [3.8, 4) is 11.5 Å². The van der Waals surface area contributed by atoms with Crippen LogP contribution in [-0.2, 0) is 0 Å². The molecule has 35 heavy (non-hydrogen) atoms. The molecule has 3 aliphatic heterocycles. The van der Waals surface area contributed by atoms with Crippen molar-refractivity contribution in [2.24, 2.45) is 16.3 Å². The minimum atomic E-state index is 0.00693. The highest BCUT2D eigenvalue weighted by molar-refractivity contribution is 6.03. The van der Waals surface area contributed by atoms with E-state index in [4.69, 9.17) is 9.47 Å². The second kappa shape index (κ2) is 11.3. The Kier molecular flexibility index (Phi) is 8.34. The van der Waals surface area contributed by atoms with Gasteiger partial charge in [-0.3, -0.25) is 14.7 Å². The third-order valence-corrected chi connectivity index (χ3v) is 7.39. The van der Waals surface area contributed by atoms with E-state index in [0.29, 0.717) is 35.3 Å². The largest absolute Gasteiger partial charge is 0.493 e. The number of nitrogens with zero attached hydrogens (tertiary/aromatic N) is 4. The van der Waals surface area contributed by atoms with Crippen LogP contribution in [-0.4, -0.2) is 99.6 Å². The second-order valence-corrected chi connectivity index (χ2v) is 11.2. The molecule has 8 nitrogen and oxygen atoms in total. The number of amides is 1. The molecule has 194 valence electrons. The number of hydrogen-bond donors (Lipinski definition) is 1. The molecule has 8 heteroatoms. The van der Waals surface area contributed by atoms with Crippen LogP contribution in [0.15, 0.2) is 17.1 Å². The summed E-state index contributed by atoms with van der Waals surface area (Å²) in [6.07, 6.45) is 4.99.